The lowest BCUT2D eigenvalue weighted by molar-refractivity contribution is 0.122. The van der Waals surface area contributed by atoms with Crippen molar-refractivity contribution in [1.29, 1.82) is 0 Å². The van der Waals surface area contributed by atoms with Crippen LogP contribution in [0.1, 0.15) is 20.3 Å². The minimum atomic E-state index is -0.237. The molecule has 0 aliphatic carbocycles. The topological polar surface area (TPSA) is 112 Å². The molecule has 182 valence electrons. The number of guanidine groups is 1. The molecule has 34 heavy (non-hydrogen) atoms. The van der Waals surface area contributed by atoms with E-state index in [4.69, 9.17) is 15.5 Å². The zero-order valence-corrected chi connectivity index (χ0v) is 20.0. The van der Waals surface area contributed by atoms with Crippen LogP contribution in [0.25, 0.3) is 10.9 Å². The number of fused-ring (bicyclic) bond motifs is 1. The monoisotopic (exact) mass is 466 g/mol. The Bertz CT molecular complexity index is 1040. The highest BCUT2D eigenvalue weighted by Crippen LogP contribution is 2.29. The summed E-state index contributed by atoms with van der Waals surface area (Å²) >= 11 is 0. The Morgan fingerprint density at radius 2 is 2.00 bits per heavy atom. The Morgan fingerprint density at radius 1 is 1.24 bits per heavy atom. The van der Waals surface area contributed by atoms with Gasteiger partial charge in [0.1, 0.15) is 11.6 Å². The van der Waals surface area contributed by atoms with Crippen molar-refractivity contribution < 1.29 is 9.53 Å². The standard InChI is InChI=1S/C24H34N8O2/c1-3-18(2)6-8-27-23(25)29-24(33)32-11-9-31(10-12-32)22-19-5-4-7-26-20(19)17-21(28-22)30-13-15-34-16-14-30/h4-8,17-18H,3,9-16H2,1-2H3,(H3,25,27,29,33)/b8-6-. The van der Waals surface area contributed by atoms with Gasteiger partial charge < -0.3 is 25.2 Å². The SMILES string of the molecule is CCC(C)/C=C\N=C(/N)NC(=O)N1CCN(c2nc(N3CCOCC3)cc3ncccc23)CC1. The number of carbonyl (C=O) groups is 1. The number of carbonyl (C=O) groups excluding carboxylic acids is 1. The molecule has 2 aliphatic heterocycles. The molecule has 10 nitrogen and oxygen atoms in total. The van der Waals surface area contributed by atoms with Gasteiger partial charge in [-0.3, -0.25) is 10.3 Å². The Morgan fingerprint density at radius 3 is 2.74 bits per heavy atom. The zero-order valence-electron chi connectivity index (χ0n) is 20.0. The van der Waals surface area contributed by atoms with Crippen molar-refractivity contribution >= 4 is 34.5 Å². The second-order valence-corrected chi connectivity index (χ2v) is 8.62. The molecule has 0 aromatic carbocycles. The molecule has 0 spiro atoms. The normalized spacial score (nSPS) is 18.5. The highest BCUT2D eigenvalue weighted by molar-refractivity contribution is 5.96. The van der Waals surface area contributed by atoms with Gasteiger partial charge in [0.25, 0.3) is 0 Å². The van der Waals surface area contributed by atoms with Gasteiger partial charge in [0.05, 0.1) is 18.7 Å². The van der Waals surface area contributed by atoms with E-state index in [1.165, 1.54) is 0 Å². The summed E-state index contributed by atoms with van der Waals surface area (Å²) in [5, 5.41) is 3.69. The minimum absolute atomic E-state index is 0.101. The van der Waals surface area contributed by atoms with Gasteiger partial charge in [0.15, 0.2) is 0 Å². The molecular formula is C24H34N8O2. The van der Waals surface area contributed by atoms with Crippen molar-refractivity contribution in [2.45, 2.75) is 20.3 Å². The molecule has 2 aliphatic rings. The number of urea groups is 1. The van der Waals surface area contributed by atoms with Gasteiger partial charge in [-0.15, -0.1) is 0 Å². The van der Waals surface area contributed by atoms with Crippen molar-refractivity contribution in [1.82, 2.24) is 20.2 Å². The van der Waals surface area contributed by atoms with Gasteiger partial charge >= 0.3 is 6.03 Å². The van der Waals surface area contributed by atoms with E-state index in [9.17, 15) is 4.79 Å². The summed E-state index contributed by atoms with van der Waals surface area (Å²) in [5.74, 6) is 2.34. The summed E-state index contributed by atoms with van der Waals surface area (Å²) in [4.78, 5) is 32.6. The van der Waals surface area contributed by atoms with Gasteiger partial charge in [-0.05, 0) is 18.1 Å². The van der Waals surface area contributed by atoms with Crippen molar-refractivity contribution in [3.63, 3.8) is 0 Å². The number of nitrogens with two attached hydrogens (primary N) is 1. The van der Waals surface area contributed by atoms with E-state index in [1.54, 1.807) is 11.1 Å². The number of nitrogens with zero attached hydrogens (tertiary/aromatic N) is 6. The number of amides is 2. The number of aliphatic imine (C=N–C) groups is 1. The van der Waals surface area contributed by atoms with E-state index in [0.29, 0.717) is 45.3 Å². The van der Waals surface area contributed by atoms with Crippen LogP contribution in [0.4, 0.5) is 16.4 Å². The van der Waals surface area contributed by atoms with Crippen LogP contribution in [-0.4, -0.2) is 79.3 Å². The molecule has 2 amide bonds. The van der Waals surface area contributed by atoms with Crippen LogP contribution >= 0.6 is 0 Å². The average molecular weight is 467 g/mol. The fourth-order valence-electron chi connectivity index (χ4n) is 3.99. The molecule has 10 heteroatoms. The van der Waals surface area contributed by atoms with E-state index in [1.807, 2.05) is 24.4 Å². The first-order chi connectivity index (χ1) is 16.5. The fraction of sp³-hybridized carbons (Fsp3) is 0.500. The van der Waals surface area contributed by atoms with Crippen LogP contribution in [0.3, 0.4) is 0 Å². The van der Waals surface area contributed by atoms with Gasteiger partial charge in [0, 0.05) is 63.1 Å². The molecule has 2 saturated heterocycles. The van der Waals surface area contributed by atoms with E-state index >= 15 is 0 Å². The summed E-state index contributed by atoms with van der Waals surface area (Å²) in [6.07, 6.45) is 6.45. The highest BCUT2D eigenvalue weighted by atomic mass is 16.5. The quantitative estimate of drug-likeness (QED) is 0.513. The number of allylic oxidation sites excluding steroid dienone is 1. The molecule has 2 aromatic rings. The third-order valence-corrected chi connectivity index (χ3v) is 6.27. The molecule has 0 bridgehead atoms. The number of morpholine rings is 1. The Hall–Kier alpha value is -3.40. The number of anilines is 2. The predicted octanol–water partition coefficient (Wildman–Crippen LogP) is 2.17. The molecule has 0 radical (unpaired) electrons. The average Bonchev–Trinajstić information content (AvgIpc) is 2.88. The number of ether oxygens (including phenoxy) is 1. The number of piperazine rings is 1. The zero-order chi connectivity index (χ0) is 23.9. The van der Waals surface area contributed by atoms with Gasteiger partial charge in [0.2, 0.25) is 5.96 Å². The Kier molecular flexibility index (Phi) is 7.79. The van der Waals surface area contributed by atoms with Crippen molar-refractivity contribution in [2.24, 2.45) is 16.6 Å². The van der Waals surface area contributed by atoms with E-state index in [0.717, 1.165) is 42.0 Å². The maximum absolute atomic E-state index is 12.6. The first-order valence-corrected chi connectivity index (χ1v) is 11.9. The maximum Gasteiger partial charge on any atom is 0.324 e. The largest absolute Gasteiger partial charge is 0.378 e. The van der Waals surface area contributed by atoms with Gasteiger partial charge in [-0.25, -0.2) is 14.8 Å². The predicted molar refractivity (Wildman–Crippen MR) is 135 cm³/mol. The van der Waals surface area contributed by atoms with Gasteiger partial charge in [-0.1, -0.05) is 26.3 Å². The van der Waals surface area contributed by atoms with Crippen LogP contribution in [0, 0.1) is 5.92 Å². The second-order valence-electron chi connectivity index (χ2n) is 8.62. The van der Waals surface area contributed by atoms with Gasteiger partial charge in [-0.2, -0.15) is 0 Å². The highest BCUT2D eigenvalue weighted by Gasteiger charge is 2.25. The molecule has 1 unspecified atom stereocenters. The van der Waals surface area contributed by atoms with Crippen molar-refractivity contribution in [2.75, 3.05) is 62.3 Å². The minimum Gasteiger partial charge on any atom is -0.378 e. The molecular weight excluding hydrogens is 432 g/mol. The lowest BCUT2D eigenvalue weighted by atomic mass is 10.1. The first kappa shape index (κ1) is 23.7. The molecule has 3 N–H and O–H groups in total. The third-order valence-electron chi connectivity index (χ3n) is 6.27. The summed E-state index contributed by atoms with van der Waals surface area (Å²) in [5.41, 5.74) is 6.80. The molecule has 1 atom stereocenters. The summed E-state index contributed by atoms with van der Waals surface area (Å²) in [7, 11) is 0. The van der Waals surface area contributed by atoms with Crippen LogP contribution in [-0.2, 0) is 4.74 Å². The van der Waals surface area contributed by atoms with Crippen LogP contribution in [0.2, 0.25) is 0 Å². The summed E-state index contributed by atoms with van der Waals surface area (Å²) in [6, 6.07) is 5.80. The maximum atomic E-state index is 12.6. The smallest absolute Gasteiger partial charge is 0.324 e. The number of aromatic nitrogens is 2. The first-order valence-electron chi connectivity index (χ1n) is 11.9. The van der Waals surface area contributed by atoms with Crippen LogP contribution in [0.5, 0.6) is 0 Å². The third kappa shape index (κ3) is 5.74. The fourth-order valence-corrected chi connectivity index (χ4v) is 3.99. The number of nitrogens with one attached hydrogen (secondary N) is 1. The Balaban J connectivity index is 1.42. The number of hydrogen-bond donors (Lipinski definition) is 2. The Labute approximate surface area is 200 Å². The molecule has 4 rings (SSSR count). The second kappa shape index (κ2) is 11.1. The van der Waals surface area contributed by atoms with E-state index < -0.39 is 0 Å². The summed E-state index contributed by atoms with van der Waals surface area (Å²) < 4.78 is 5.49. The van der Waals surface area contributed by atoms with E-state index in [-0.39, 0.29) is 12.0 Å². The lowest BCUT2D eigenvalue weighted by Crippen LogP contribution is -2.54. The molecule has 4 heterocycles. The van der Waals surface area contributed by atoms with Crippen LogP contribution < -0.4 is 20.9 Å². The number of hydrogen-bond acceptors (Lipinski definition) is 7. The molecule has 2 fully saturated rings. The van der Waals surface area contributed by atoms with Crippen molar-refractivity contribution in [3.05, 3.63) is 36.7 Å². The van der Waals surface area contributed by atoms with Crippen LogP contribution in [0.15, 0.2) is 41.7 Å². The molecule has 2 aromatic heterocycles. The summed E-state index contributed by atoms with van der Waals surface area (Å²) in [6.45, 7) is 9.70. The van der Waals surface area contributed by atoms with E-state index in [2.05, 4.69) is 45.0 Å². The molecule has 0 saturated carbocycles. The lowest BCUT2D eigenvalue weighted by Gasteiger charge is -2.36. The number of pyridine rings is 2. The number of rotatable bonds is 5. The van der Waals surface area contributed by atoms with Crippen molar-refractivity contribution in [3.8, 4) is 0 Å².